The second-order valence-corrected chi connectivity index (χ2v) is 10.4. The maximum absolute atomic E-state index is 8.01. The van der Waals surface area contributed by atoms with Gasteiger partial charge in [0.25, 0.3) is 0 Å². The number of para-hydroxylation sites is 1. The minimum Gasteiger partial charge on any atom is -0.382 e. The summed E-state index contributed by atoms with van der Waals surface area (Å²) in [5, 5.41) is 7.94. The molecule has 0 amide bonds. The molecule has 4 nitrogen and oxygen atoms in total. The molecule has 1 aromatic rings. The number of nitrogens with one attached hydrogen (secondary N) is 2. The Bertz CT molecular complexity index is 666. The van der Waals surface area contributed by atoms with Crippen LogP contribution in [-0.2, 0) is 4.74 Å². The van der Waals surface area contributed by atoms with Gasteiger partial charge in [-0.15, -0.1) is 0 Å². The molecule has 1 aliphatic heterocycles. The summed E-state index contributed by atoms with van der Waals surface area (Å²) in [6, 6.07) is 11.0. The standard InChI is InChI=1S/C28H47N3O/c1-3-5-7-9-10-15-21-27(20-14-8-6-4-2)23-32-28(27)22-25(18-19-26(28)31-29)30-24-16-12-11-13-17-24/h11-13,16-17,25-26,29-30H,3-10,14-15,18-23H2,1-2H3. The number of anilines is 1. The van der Waals surface area contributed by atoms with Gasteiger partial charge in [-0.1, -0.05) is 96.3 Å². The van der Waals surface area contributed by atoms with Crippen molar-refractivity contribution in [3.63, 3.8) is 0 Å². The van der Waals surface area contributed by atoms with E-state index >= 15 is 0 Å². The minimum absolute atomic E-state index is 0.0244. The molecule has 0 aromatic heterocycles. The second-order valence-electron chi connectivity index (χ2n) is 10.4. The SMILES string of the molecule is CCCCCCCCC1(CCCCCC)COC12CC(Nc1ccccc1)CCC2N=N. The number of ether oxygens (including phenoxy) is 1. The lowest BCUT2D eigenvalue weighted by atomic mass is 9.54. The molecule has 180 valence electrons. The summed E-state index contributed by atoms with van der Waals surface area (Å²) in [7, 11) is 0. The third-order valence-corrected chi connectivity index (χ3v) is 8.20. The zero-order chi connectivity index (χ0) is 22.7. The van der Waals surface area contributed by atoms with Crippen molar-refractivity contribution in [3.05, 3.63) is 30.3 Å². The van der Waals surface area contributed by atoms with E-state index in [1.807, 2.05) is 0 Å². The maximum atomic E-state index is 8.01. The molecule has 1 spiro atoms. The van der Waals surface area contributed by atoms with Crippen molar-refractivity contribution in [2.75, 3.05) is 11.9 Å². The summed E-state index contributed by atoms with van der Waals surface area (Å²) in [5.74, 6) is 0. The molecule has 2 fully saturated rings. The lowest BCUT2D eigenvalue weighted by molar-refractivity contribution is -0.295. The quantitative estimate of drug-likeness (QED) is 0.212. The van der Waals surface area contributed by atoms with Crippen molar-refractivity contribution < 1.29 is 4.74 Å². The fourth-order valence-electron chi connectivity index (χ4n) is 6.27. The molecule has 0 bridgehead atoms. The summed E-state index contributed by atoms with van der Waals surface area (Å²) in [4.78, 5) is 0. The highest BCUT2D eigenvalue weighted by atomic mass is 16.5. The predicted molar refractivity (Wildman–Crippen MR) is 135 cm³/mol. The summed E-state index contributed by atoms with van der Waals surface area (Å²) >= 11 is 0. The third kappa shape index (κ3) is 5.92. The van der Waals surface area contributed by atoms with Gasteiger partial charge < -0.3 is 10.1 Å². The molecular formula is C28H47N3O. The molecule has 4 heteroatoms. The summed E-state index contributed by atoms with van der Waals surface area (Å²) < 4.78 is 6.55. The van der Waals surface area contributed by atoms with Crippen LogP contribution in [0.15, 0.2) is 35.4 Å². The Morgan fingerprint density at radius 3 is 2.12 bits per heavy atom. The van der Waals surface area contributed by atoms with Gasteiger partial charge in [0.2, 0.25) is 0 Å². The van der Waals surface area contributed by atoms with E-state index in [4.69, 9.17) is 10.3 Å². The van der Waals surface area contributed by atoms with Gasteiger partial charge >= 0.3 is 0 Å². The molecule has 0 radical (unpaired) electrons. The molecule has 4 unspecified atom stereocenters. The van der Waals surface area contributed by atoms with Crippen molar-refractivity contribution in [2.24, 2.45) is 10.5 Å². The van der Waals surface area contributed by atoms with Crippen LogP contribution in [0.5, 0.6) is 0 Å². The fourth-order valence-corrected chi connectivity index (χ4v) is 6.27. The number of benzene rings is 1. The first-order valence-corrected chi connectivity index (χ1v) is 13.5. The Balaban J connectivity index is 1.70. The van der Waals surface area contributed by atoms with Crippen LogP contribution in [0.1, 0.15) is 110 Å². The van der Waals surface area contributed by atoms with Crippen LogP contribution in [0.4, 0.5) is 5.69 Å². The number of unbranched alkanes of at least 4 members (excludes halogenated alkanes) is 8. The van der Waals surface area contributed by atoms with E-state index in [2.05, 4.69) is 54.6 Å². The first kappa shape index (κ1) is 25.2. The molecule has 1 saturated carbocycles. The van der Waals surface area contributed by atoms with Gasteiger partial charge in [0.15, 0.2) is 0 Å². The van der Waals surface area contributed by atoms with Crippen LogP contribution in [0.3, 0.4) is 0 Å². The highest BCUT2D eigenvalue weighted by molar-refractivity contribution is 5.44. The molecule has 1 heterocycles. The van der Waals surface area contributed by atoms with E-state index in [9.17, 15) is 0 Å². The van der Waals surface area contributed by atoms with Crippen molar-refractivity contribution in [2.45, 2.75) is 128 Å². The monoisotopic (exact) mass is 441 g/mol. The Labute approximate surface area is 196 Å². The average Bonchev–Trinajstić information content (AvgIpc) is 2.82. The van der Waals surface area contributed by atoms with Gasteiger partial charge in [0.1, 0.15) is 11.6 Å². The van der Waals surface area contributed by atoms with Crippen LogP contribution in [0.25, 0.3) is 0 Å². The number of rotatable bonds is 15. The highest BCUT2D eigenvalue weighted by Crippen LogP contribution is 2.59. The molecule has 32 heavy (non-hydrogen) atoms. The number of hydrogen-bond acceptors (Lipinski definition) is 4. The molecule has 2 aliphatic rings. The van der Waals surface area contributed by atoms with Gasteiger partial charge in [0.05, 0.1) is 6.61 Å². The predicted octanol–water partition coefficient (Wildman–Crippen LogP) is 8.53. The Morgan fingerprint density at radius 2 is 1.53 bits per heavy atom. The summed E-state index contributed by atoms with van der Waals surface area (Å²) in [5.41, 5.74) is 9.17. The Hall–Kier alpha value is -1.42. The molecule has 1 aromatic carbocycles. The van der Waals surface area contributed by atoms with E-state index in [1.54, 1.807) is 0 Å². The zero-order valence-electron chi connectivity index (χ0n) is 20.7. The lowest BCUT2D eigenvalue weighted by Gasteiger charge is -2.64. The van der Waals surface area contributed by atoms with Crippen molar-refractivity contribution in [1.29, 1.82) is 5.53 Å². The van der Waals surface area contributed by atoms with Gasteiger partial charge in [-0.3, -0.25) is 0 Å². The molecule has 1 saturated heterocycles. The fraction of sp³-hybridized carbons (Fsp3) is 0.786. The van der Waals surface area contributed by atoms with E-state index < -0.39 is 0 Å². The van der Waals surface area contributed by atoms with Crippen LogP contribution in [0, 0.1) is 10.9 Å². The lowest BCUT2D eigenvalue weighted by Crippen LogP contribution is -2.71. The van der Waals surface area contributed by atoms with Crippen molar-refractivity contribution in [3.8, 4) is 0 Å². The summed E-state index contributed by atoms with van der Waals surface area (Å²) in [6.07, 6.45) is 18.7. The average molecular weight is 442 g/mol. The molecular weight excluding hydrogens is 394 g/mol. The molecule has 3 rings (SSSR count). The van der Waals surface area contributed by atoms with E-state index in [-0.39, 0.29) is 17.1 Å². The van der Waals surface area contributed by atoms with Gasteiger partial charge in [-0.05, 0) is 44.2 Å². The molecule has 2 N–H and O–H groups in total. The van der Waals surface area contributed by atoms with Crippen LogP contribution >= 0.6 is 0 Å². The van der Waals surface area contributed by atoms with Crippen molar-refractivity contribution in [1.82, 2.24) is 0 Å². The number of nitrogens with zero attached hydrogens (tertiary/aromatic N) is 1. The normalized spacial score (nSPS) is 29.6. The van der Waals surface area contributed by atoms with E-state index in [0.29, 0.717) is 6.04 Å². The minimum atomic E-state index is -0.241. The van der Waals surface area contributed by atoms with Gasteiger partial charge in [-0.2, -0.15) is 5.11 Å². The largest absolute Gasteiger partial charge is 0.382 e. The van der Waals surface area contributed by atoms with Gasteiger partial charge in [-0.25, -0.2) is 5.53 Å². The smallest absolute Gasteiger partial charge is 0.102 e. The first-order chi connectivity index (χ1) is 15.7. The Morgan fingerprint density at radius 1 is 0.906 bits per heavy atom. The zero-order valence-corrected chi connectivity index (χ0v) is 20.7. The van der Waals surface area contributed by atoms with E-state index in [0.717, 1.165) is 25.9 Å². The van der Waals surface area contributed by atoms with Crippen LogP contribution < -0.4 is 5.32 Å². The molecule has 1 aliphatic carbocycles. The summed E-state index contributed by atoms with van der Waals surface area (Å²) in [6.45, 7) is 5.45. The number of hydrogen-bond donors (Lipinski definition) is 2. The van der Waals surface area contributed by atoms with Crippen LogP contribution in [-0.4, -0.2) is 24.3 Å². The highest BCUT2D eigenvalue weighted by Gasteiger charge is 2.65. The van der Waals surface area contributed by atoms with E-state index in [1.165, 1.54) is 82.7 Å². The topological polar surface area (TPSA) is 57.5 Å². The van der Waals surface area contributed by atoms with Crippen LogP contribution in [0.2, 0.25) is 0 Å². The first-order valence-electron chi connectivity index (χ1n) is 13.5. The molecule has 4 atom stereocenters. The third-order valence-electron chi connectivity index (χ3n) is 8.20. The van der Waals surface area contributed by atoms with Gasteiger partial charge in [0, 0.05) is 17.1 Å². The maximum Gasteiger partial charge on any atom is 0.102 e. The van der Waals surface area contributed by atoms with Crippen molar-refractivity contribution >= 4 is 5.69 Å². The Kier molecular flexibility index (Phi) is 10.0. The second kappa shape index (κ2) is 12.7.